The van der Waals surface area contributed by atoms with Gasteiger partial charge in [0, 0.05) is 5.69 Å². The van der Waals surface area contributed by atoms with Gasteiger partial charge >= 0.3 is 0 Å². The Hall–Kier alpha value is -1.32. The Morgan fingerprint density at radius 2 is 2.19 bits per heavy atom. The summed E-state index contributed by atoms with van der Waals surface area (Å²) >= 11 is 1.62. The van der Waals surface area contributed by atoms with Crippen LogP contribution >= 0.6 is 11.3 Å². The highest BCUT2D eigenvalue weighted by molar-refractivity contribution is 7.07. The van der Waals surface area contributed by atoms with Crippen molar-refractivity contribution in [1.82, 2.24) is 0 Å². The number of para-hydroxylation sites is 1. The lowest BCUT2D eigenvalue weighted by molar-refractivity contribution is 0.157. The fourth-order valence-corrected chi connectivity index (χ4v) is 2.88. The summed E-state index contributed by atoms with van der Waals surface area (Å²) in [4.78, 5) is 0. The molecule has 2 N–H and O–H groups in total. The predicted molar refractivity (Wildman–Crippen MR) is 66.8 cm³/mol. The minimum Gasteiger partial charge on any atom is -0.386 e. The molecule has 1 aromatic carbocycles. The highest BCUT2D eigenvalue weighted by Crippen LogP contribution is 2.32. The van der Waals surface area contributed by atoms with Crippen LogP contribution in [-0.2, 0) is 6.42 Å². The smallest absolute Gasteiger partial charge is 0.100 e. The Kier molecular flexibility index (Phi) is 2.42. The van der Waals surface area contributed by atoms with Crippen LogP contribution in [0.3, 0.4) is 0 Å². The second-order valence-electron chi connectivity index (χ2n) is 4.11. The number of fused-ring (bicyclic) bond motifs is 1. The van der Waals surface area contributed by atoms with Gasteiger partial charge in [0.15, 0.2) is 0 Å². The number of anilines is 1. The van der Waals surface area contributed by atoms with Crippen LogP contribution in [0, 0.1) is 0 Å². The average molecular weight is 231 g/mol. The topological polar surface area (TPSA) is 32.3 Å². The maximum absolute atomic E-state index is 10.2. The van der Waals surface area contributed by atoms with E-state index in [1.807, 2.05) is 29.0 Å². The normalized spacial score (nSPS) is 20.2. The van der Waals surface area contributed by atoms with Crippen molar-refractivity contribution in [1.29, 1.82) is 0 Å². The number of nitrogens with one attached hydrogen (secondary N) is 1. The van der Waals surface area contributed by atoms with E-state index in [-0.39, 0.29) is 6.04 Å². The molecule has 3 heteroatoms. The van der Waals surface area contributed by atoms with Gasteiger partial charge in [-0.3, -0.25) is 0 Å². The van der Waals surface area contributed by atoms with E-state index in [9.17, 15) is 5.11 Å². The molecule has 0 spiro atoms. The Labute approximate surface area is 98.6 Å². The lowest BCUT2D eigenvalue weighted by Gasteiger charge is -2.17. The van der Waals surface area contributed by atoms with Crippen molar-refractivity contribution in [2.45, 2.75) is 18.6 Å². The van der Waals surface area contributed by atoms with E-state index in [0.29, 0.717) is 0 Å². The Morgan fingerprint density at radius 1 is 1.31 bits per heavy atom. The van der Waals surface area contributed by atoms with Gasteiger partial charge in [-0.2, -0.15) is 11.3 Å². The molecule has 2 unspecified atom stereocenters. The van der Waals surface area contributed by atoms with E-state index in [2.05, 4.69) is 17.4 Å². The lowest BCUT2D eigenvalue weighted by Crippen LogP contribution is -2.24. The molecule has 2 aromatic rings. The van der Waals surface area contributed by atoms with Crippen molar-refractivity contribution in [3.8, 4) is 0 Å². The third-order valence-electron chi connectivity index (χ3n) is 3.06. The van der Waals surface area contributed by atoms with E-state index < -0.39 is 6.10 Å². The third-order valence-corrected chi connectivity index (χ3v) is 3.77. The standard InChI is InChI=1S/C13H13NOS/c15-13(10-5-6-16-8-10)12-7-9-3-1-2-4-11(9)14-12/h1-6,8,12-15H,7H2. The van der Waals surface area contributed by atoms with Crippen molar-refractivity contribution in [2.75, 3.05) is 5.32 Å². The molecule has 16 heavy (non-hydrogen) atoms. The second-order valence-corrected chi connectivity index (χ2v) is 4.89. The van der Waals surface area contributed by atoms with Gasteiger partial charge < -0.3 is 10.4 Å². The Bertz CT molecular complexity index is 455. The number of hydrogen-bond donors (Lipinski definition) is 2. The van der Waals surface area contributed by atoms with E-state index in [1.165, 1.54) is 5.56 Å². The highest BCUT2D eigenvalue weighted by Gasteiger charge is 2.27. The number of hydrogen-bond acceptors (Lipinski definition) is 3. The number of aliphatic hydroxyl groups excluding tert-OH is 1. The van der Waals surface area contributed by atoms with E-state index in [4.69, 9.17) is 0 Å². The number of rotatable bonds is 2. The van der Waals surface area contributed by atoms with E-state index >= 15 is 0 Å². The van der Waals surface area contributed by atoms with E-state index in [0.717, 1.165) is 17.7 Å². The number of thiophene rings is 1. The molecule has 82 valence electrons. The first-order chi connectivity index (χ1) is 7.84. The van der Waals surface area contributed by atoms with Crippen LogP contribution in [-0.4, -0.2) is 11.1 Å². The molecular weight excluding hydrogens is 218 g/mol. The molecule has 3 rings (SSSR count). The van der Waals surface area contributed by atoms with Gasteiger partial charge in [-0.25, -0.2) is 0 Å². The van der Waals surface area contributed by atoms with Gasteiger partial charge in [0.1, 0.15) is 6.10 Å². The van der Waals surface area contributed by atoms with Gasteiger partial charge in [0.25, 0.3) is 0 Å². The fourth-order valence-electron chi connectivity index (χ4n) is 2.19. The second kappa shape index (κ2) is 3.92. The van der Waals surface area contributed by atoms with Gasteiger partial charge in [0.05, 0.1) is 6.04 Å². The first-order valence-electron chi connectivity index (χ1n) is 5.39. The molecule has 2 heterocycles. The fraction of sp³-hybridized carbons (Fsp3) is 0.231. The van der Waals surface area contributed by atoms with Crippen LogP contribution < -0.4 is 5.32 Å². The molecular formula is C13H13NOS. The van der Waals surface area contributed by atoms with Crippen LogP contribution in [0.5, 0.6) is 0 Å². The lowest BCUT2D eigenvalue weighted by atomic mass is 10.0. The zero-order valence-electron chi connectivity index (χ0n) is 8.76. The van der Waals surface area contributed by atoms with Gasteiger partial charge in [-0.05, 0) is 40.4 Å². The summed E-state index contributed by atoms with van der Waals surface area (Å²) in [5.41, 5.74) is 3.46. The molecule has 0 radical (unpaired) electrons. The van der Waals surface area contributed by atoms with Crippen molar-refractivity contribution in [3.63, 3.8) is 0 Å². The molecule has 0 saturated carbocycles. The van der Waals surface area contributed by atoms with Gasteiger partial charge in [0.2, 0.25) is 0 Å². The Morgan fingerprint density at radius 3 is 2.94 bits per heavy atom. The minimum atomic E-state index is -0.418. The van der Waals surface area contributed by atoms with Gasteiger partial charge in [-0.1, -0.05) is 18.2 Å². The molecule has 1 aliphatic rings. The highest BCUT2D eigenvalue weighted by atomic mass is 32.1. The maximum atomic E-state index is 10.2. The summed E-state index contributed by atoms with van der Waals surface area (Å²) in [7, 11) is 0. The zero-order chi connectivity index (χ0) is 11.0. The molecule has 2 nitrogen and oxygen atoms in total. The maximum Gasteiger partial charge on any atom is 0.100 e. The monoisotopic (exact) mass is 231 g/mol. The summed E-state index contributed by atoms with van der Waals surface area (Å²) in [5, 5.41) is 17.6. The zero-order valence-corrected chi connectivity index (χ0v) is 9.58. The molecule has 0 bridgehead atoms. The van der Waals surface area contributed by atoms with Crippen LogP contribution in [0.15, 0.2) is 41.1 Å². The van der Waals surface area contributed by atoms with E-state index in [1.54, 1.807) is 11.3 Å². The largest absolute Gasteiger partial charge is 0.386 e. The first-order valence-corrected chi connectivity index (χ1v) is 6.33. The van der Waals surface area contributed by atoms with Crippen molar-refractivity contribution >= 4 is 17.0 Å². The summed E-state index contributed by atoms with van der Waals surface area (Å²) in [6.45, 7) is 0. The molecule has 0 fully saturated rings. The Balaban J connectivity index is 1.81. The average Bonchev–Trinajstić information content (AvgIpc) is 2.97. The number of aliphatic hydroxyl groups is 1. The van der Waals surface area contributed by atoms with Crippen LogP contribution in [0.2, 0.25) is 0 Å². The molecule has 2 atom stereocenters. The summed E-state index contributed by atoms with van der Waals surface area (Å²) < 4.78 is 0. The molecule has 0 aliphatic carbocycles. The van der Waals surface area contributed by atoms with Crippen molar-refractivity contribution in [2.24, 2.45) is 0 Å². The summed E-state index contributed by atoms with van der Waals surface area (Å²) in [5.74, 6) is 0. The summed E-state index contributed by atoms with van der Waals surface area (Å²) in [6, 6.07) is 10.3. The molecule has 1 aliphatic heterocycles. The van der Waals surface area contributed by atoms with Crippen LogP contribution in [0.1, 0.15) is 17.2 Å². The van der Waals surface area contributed by atoms with Gasteiger partial charge in [-0.15, -0.1) is 0 Å². The first kappa shape index (κ1) is 9.87. The van der Waals surface area contributed by atoms with Crippen molar-refractivity contribution < 1.29 is 5.11 Å². The number of benzene rings is 1. The molecule has 0 saturated heterocycles. The van der Waals surface area contributed by atoms with Crippen LogP contribution in [0.4, 0.5) is 5.69 Å². The third kappa shape index (κ3) is 1.62. The predicted octanol–water partition coefficient (Wildman–Crippen LogP) is 2.82. The molecule has 0 amide bonds. The SMILES string of the molecule is OC(c1ccsc1)C1Cc2ccccc2N1. The summed E-state index contributed by atoms with van der Waals surface area (Å²) in [6.07, 6.45) is 0.478. The van der Waals surface area contributed by atoms with Crippen LogP contribution in [0.25, 0.3) is 0 Å². The quantitative estimate of drug-likeness (QED) is 0.833. The minimum absolute atomic E-state index is 0.104. The van der Waals surface area contributed by atoms with Crippen molar-refractivity contribution in [3.05, 3.63) is 52.2 Å². The molecule has 1 aromatic heterocycles.